The summed E-state index contributed by atoms with van der Waals surface area (Å²) in [4.78, 5) is 27.4. The first kappa shape index (κ1) is 29.1. The van der Waals surface area contributed by atoms with Gasteiger partial charge in [0.05, 0.1) is 36.1 Å². The van der Waals surface area contributed by atoms with Gasteiger partial charge in [-0.15, -0.1) is 0 Å². The maximum absolute atomic E-state index is 13.4. The van der Waals surface area contributed by atoms with Crippen LogP contribution in [0.3, 0.4) is 0 Å². The number of carbonyl (C=O) groups excluding carboxylic acids is 2. The van der Waals surface area contributed by atoms with Crippen molar-refractivity contribution < 1.29 is 35.9 Å². The van der Waals surface area contributed by atoms with Crippen molar-refractivity contribution in [2.24, 2.45) is 5.73 Å². The van der Waals surface area contributed by atoms with Crippen LogP contribution in [0.4, 0.5) is 23.7 Å². The van der Waals surface area contributed by atoms with Gasteiger partial charge in [0.15, 0.2) is 0 Å². The van der Waals surface area contributed by atoms with Gasteiger partial charge < -0.3 is 10.5 Å². The molecule has 0 bridgehead atoms. The molecule has 1 unspecified atom stereocenters. The summed E-state index contributed by atoms with van der Waals surface area (Å²) in [5, 5.41) is 18.1. The lowest BCUT2D eigenvalue weighted by Crippen LogP contribution is -2.55. The third-order valence-corrected chi connectivity index (χ3v) is 6.53. The zero-order chi connectivity index (χ0) is 29.3. The van der Waals surface area contributed by atoms with Crippen LogP contribution in [0.5, 0.6) is 0 Å². The van der Waals surface area contributed by atoms with Crippen molar-refractivity contribution in [1.29, 1.82) is 10.7 Å². The van der Waals surface area contributed by atoms with Crippen molar-refractivity contribution in [3.05, 3.63) is 76.0 Å². The van der Waals surface area contributed by atoms with Crippen molar-refractivity contribution in [2.45, 2.75) is 25.7 Å². The summed E-state index contributed by atoms with van der Waals surface area (Å²) >= 11 is 0. The smallest absolute Gasteiger partial charge is 0.416 e. The molecule has 4 N–H and O–H groups in total. The third-order valence-electron chi connectivity index (χ3n) is 5.86. The molecule has 1 heterocycles. The zero-order valence-electron chi connectivity index (χ0n) is 20.8. The molecule has 0 radical (unpaired) electrons. The molecule has 206 valence electrons. The molecule has 0 spiro atoms. The van der Waals surface area contributed by atoms with Crippen molar-refractivity contribution in [1.82, 2.24) is 9.62 Å². The highest BCUT2D eigenvalue weighted by Crippen LogP contribution is 2.42. The van der Waals surface area contributed by atoms with Crippen LogP contribution in [-0.2, 0) is 32.3 Å². The molecular formula is C24H23F3N6O5S. The number of hydrogen-bond donors (Lipinski definition) is 3. The van der Waals surface area contributed by atoms with E-state index in [0.29, 0.717) is 4.90 Å². The molecule has 0 aliphatic carbocycles. The summed E-state index contributed by atoms with van der Waals surface area (Å²) in [5.74, 6) is -1.66. The highest BCUT2D eigenvalue weighted by molar-refractivity contribution is 7.88. The first-order valence-electron chi connectivity index (χ1n) is 11.0. The van der Waals surface area contributed by atoms with Crippen LogP contribution in [-0.4, -0.2) is 44.6 Å². The fourth-order valence-corrected chi connectivity index (χ4v) is 4.59. The number of sulfonamides is 1. The number of nitrogens with two attached hydrogens (primary N) is 1. The second kappa shape index (κ2) is 10.8. The van der Waals surface area contributed by atoms with Crippen LogP contribution in [0.25, 0.3) is 0 Å². The van der Waals surface area contributed by atoms with Crippen LogP contribution in [0.15, 0.2) is 53.7 Å². The lowest BCUT2D eigenvalue weighted by atomic mass is 9.89. The number of guanidine groups is 1. The second-order valence-corrected chi connectivity index (χ2v) is 10.3. The van der Waals surface area contributed by atoms with E-state index in [0.717, 1.165) is 36.5 Å². The number of methoxy groups -OCH3 is 1. The molecule has 1 atom stereocenters. The van der Waals surface area contributed by atoms with Crippen LogP contribution in [0.1, 0.15) is 35.2 Å². The summed E-state index contributed by atoms with van der Waals surface area (Å²) in [5.41, 5.74) is 4.54. The molecule has 0 saturated carbocycles. The van der Waals surface area contributed by atoms with E-state index in [1.54, 1.807) is 0 Å². The first-order chi connectivity index (χ1) is 18.1. The largest absolute Gasteiger partial charge is 0.466 e. The van der Waals surface area contributed by atoms with Gasteiger partial charge in [0.25, 0.3) is 0 Å². The monoisotopic (exact) mass is 564 g/mol. The summed E-state index contributed by atoms with van der Waals surface area (Å²) in [6.45, 7) is 0.995. The van der Waals surface area contributed by atoms with Crippen LogP contribution >= 0.6 is 0 Å². The lowest BCUT2D eigenvalue weighted by molar-refractivity contribution is -0.138. The number of benzene rings is 2. The average Bonchev–Trinajstić information content (AvgIpc) is 2.85. The number of esters is 1. The Labute approximate surface area is 221 Å². The summed E-state index contributed by atoms with van der Waals surface area (Å²) in [7, 11) is -2.67. The van der Waals surface area contributed by atoms with Gasteiger partial charge in [-0.05, 0) is 48.4 Å². The molecule has 39 heavy (non-hydrogen) atoms. The van der Waals surface area contributed by atoms with E-state index in [2.05, 4.69) is 4.72 Å². The number of primary amides is 1. The number of nitrogens with one attached hydrogen (secondary N) is 2. The zero-order valence-corrected chi connectivity index (χ0v) is 21.6. The van der Waals surface area contributed by atoms with Gasteiger partial charge in [0, 0.05) is 17.9 Å². The molecule has 11 nitrogen and oxygen atoms in total. The summed E-state index contributed by atoms with van der Waals surface area (Å²) < 4.78 is 71.0. The second-order valence-electron chi connectivity index (χ2n) is 8.43. The number of ether oxygens (including phenoxy) is 1. The number of alkyl halides is 3. The number of amides is 2. The number of allylic oxidation sites excluding steroid dienone is 1. The standard InChI is InChI=1S/C24H23F3N6O5S/c1-13-19(21(34)38-2)20(18-8-7-14(11-28)9-15(18)12-31-39(3,36)37)33(23(30)35)22(29)32(13)17-6-4-5-16(10-17)24(25,26)27/h4-10,20,29,31H,12H2,1-3H3,(H2,30,35). The van der Waals surface area contributed by atoms with E-state index in [1.807, 2.05) is 6.07 Å². The number of rotatable bonds is 6. The number of anilines is 1. The normalized spacial score (nSPS) is 16.2. The molecular weight excluding hydrogens is 541 g/mol. The highest BCUT2D eigenvalue weighted by Gasteiger charge is 2.44. The van der Waals surface area contributed by atoms with E-state index >= 15 is 0 Å². The number of hydrogen-bond acceptors (Lipinski definition) is 7. The number of nitrogens with zero attached hydrogens (tertiary/aromatic N) is 3. The quantitative estimate of drug-likeness (QED) is 0.453. The Bertz CT molecular complexity index is 1530. The van der Waals surface area contributed by atoms with Crippen LogP contribution in [0, 0.1) is 16.7 Å². The van der Waals surface area contributed by atoms with Gasteiger partial charge in [0.2, 0.25) is 16.0 Å². The Balaban J connectivity index is 2.34. The minimum atomic E-state index is -4.72. The van der Waals surface area contributed by atoms with E-state index in [-0.39, 0.29) is 40.2 Å². The van der Waals surface area contributed by atoms with Gasteiger partial charge in [-0.1, -0.05) is 12.1 Å². The van der Waals surface area contributed by atoms with E-state index < -0.39 is 45.8 Å². The fraction of sp³-hybridized carbons (Fsp3) is 0.250. The Morgan fingerprint density at radius 3 is 2.44 bits per heavy atom. The highest BCUT2D eigenvalue weighted by atomic mass is 32.2. The number of nitriles is 1. The van der Waals surface area contributed by atoms with E-state index in [1.165, 1.54) is 31.2 Å². The average molecular weight is 565 g/mol. The number of halogens is 3. The molecule has 0 fully saturated rings. The van der Waals surface area contributed by atoms with E-state index in [9.17, 15) is 36.4 Å². The Morgan fingerprint density at radius 2 is 1.90 bits per heavy atom. The predicted octanol–water partition coefficient (Wildman–Crippen LogP) is 2.95. The lowest BCUT2D eigenvalue weighted by Gasteiger charge is -2.43. The van der Waals surface area contributed by atoms with Crippen LogP contribution in [0.2, 0.25) is 0 Å². The van der Waals surface area contributed by atoms with Crippen molar-refractivity contribution in [3.63, 3.8) is 0 Å². The van der Waals surface area contributed by atoms with Gasteiger partial charge in [0.1, 0.15) is 6.04 Å². The van der Waals surface area contributed by atoms with E-state index in [4.69, 9.17) is 15.9 Å². The predicted molar refractivity (Wildman–Crippen MR) is 133 cm³/mol. The number of carbonyl (C=O) groups is 2. The molecule has 3 rings (SSSR count). The van der Waals surface area contributed by atoms with Gasteiger partial charge >= 0.3 is 18.2 Å². The molecule has 2 aromatic rings. The maximum Gasteiger partial charge on any atom is 0.416 e. The Kier molecular flexibility index (Phi) is 8.03. The fourth-order valence-electron chi connectivity index (χ4n) is 4.17. The Morgan fingerprint density at radius 1 is 1.23 bits per heavy atom. The molecule has 2 aromatic carbocycles. The van der Waals surface area contributed by atoms with Crippen molar-refractivity contribution >= 4 is 33.7 Å². The van der Waals surface area contributed by atoms with Crippen LogP contribution < -0.4 is 15.4 Å². The minimum Gasteiger partial charge on any atom is -0.466 e. The molecule has 0 saturated heterocycles. The SMILES string of the molecule is COC(=O)C1=C(C)N(c2cccc(C(F)(F)F)c2)C(=N)N(C(N)=O)C1c1ccc(C#N)cc1CNS(C)(=O)=O. The van der Waals surface area contributed by atoms with Crippen molar-refractivity contribution in [2.75, 3.05) is 18.3 Å². The topological polar surface area (TPSA) is 170 Å². The van der Waals surface area contributed by atoms with Gasteiger partial charge in [-0.25, -0.2) is 22.7 Å². The summed E-state index contributed by atoms with van der Waals surface area (Å²) in [6, 6.07) is 7.20. The third kappa shape index (κ3) is 6.02. The van der Waals surface area contributed by atoms with Gasteiger partial charge in [-0.2, -0.15) is 18.4 Å². The molecule has 15 heteroatoms. The minimum absolute atomic E-state index is 0.0416. The summed E-state index contributed by atoms with van der Waals surface area (Å²) in [6.07, 6.45) is -3.81. The number of urea groups is 1. The molecule has 1 aliphatic heterocycles. The van der Waals surface area contributed by atoms with Crippen molar-refractivity contribution in [3.8, 4) is 6.07 Å². The van der Waals surface area contributed by atoms with Gasteiger partial charge in [-0.3, -0.25) is 15.2 Å². The molecule has 1 aliphatic rings. The molecule has 2 amide bonds. The Hall–Kier alpha value is -4.42. The maximum atomic E-state index is 13.4. The molecule has 0 aromatic heterocycles. The first-order valence-corrected chi connectivity index (χ1v) is 12.9.